The molecule has 2 amide bonds. The Morgan fingerprint density at radius 2 is 2.00 bits per heavy atom. The first-order valence-electron chi connectivity index (χ1n) is 8.04. The lowest BCUT2D eigenvalue weighted by Gasteiger charge is -2.16. The van der Waals surface area contributed by atoms with E-state index in [0.717, 1.165) is 16.8 Å². The second-order valence-corrected chi connectivity index (χ2v) is 6.76. The van der Waals surface area contributed by atoms with Crippen molar-refractivity contribution in [3.8, 4) is 6.07 Å². The minimum Gasteiger partial charge on any atom is -0.326 e. The number of rotatable bonds is 3. The van der Waals surface area contributed by atoms with E-state index >= 15 is 0 Å². The van der Waals surface area contributed by atoms with Crippen LogP contribution in [0.4, 0.5) is 11.4 Å². The van der Waals surface area contributed by atoms with Crippen molar-refractivity contribution in [2.75, 3.05) is 17.3 Å². The van der Waals surface area contributed by atoms with Crippen LogP contribution in [0.2, 0.25) is 0 Å². The first-order valence-corrected chi connectivity index (χ1v) is 8.04. The van der Waals surface area contributed by atoms with Crippen LogP contribution >= 0.6 is 0 Å². The van der Waals surface area contributed by atoms with Crippen LogP contribution in [0.5, 0.6) is 0 Å². The van der Waals surface area contributed by atoms with Gasteiger partial charge in [0.1, 0.15) is 0 Å². The minimum atomic E-state index is -0.586. The van der Waals surface area contributed by atoms with Crippen LogP contribution in [0.15, 0.2) is 42.5 Å². The van der Waals surface area contributed by atoms with Gasteiger partial charge in [0.2, 0.25) is 11.8 Å². The first-order chi connectivity index (χ1) is 11.8. The Morgan fingerprint density at radius 1 is 1.24 bits per heavy atom. The van der Waals surface area contributed by atoms with Gasteiger partial charge in [0.25, 0.3) is 0 Å². The smallest absolute Gasteiger partial charge is 0.236 e. The fourth-order valence-corrected chi connectivity index (χ4v) is 3.19. The Morgan fingerprint density at radius 3 is 2.72 bits per heavy atom. The number of anilines is 2. The molecule has 1 heterocycles. The van der Waals surface area contributed by atoms with E-state index in [-0.39, 0.29) is 18.2 Å². The molecule has 0 aromatic heterocycles. The maximum Gasteiger partial charge on any atom is 0.236 e. The summed E-state index contributed by atoms with van der Waals surface area (Å²) in [6.07, 6.45) is 0.206. The predicted molar refractivity (Wildman–Crippen MR) is 96.4 cm³/mol. The van der Waals surface area contributed by atoms with E-state index in [1.165, 1.54) is 0 Å². The maximum atomic E-state index is 12.3. The molecule has 0 saturated carbocycles. The third-order valence-electron chi connectivity index (χ3n) is 4.58. The second kappa shape index (κ2) is 6.06. The zero-order chi connectivity index (χ0) is 18.2. The highest BCUT2D eigenvalue weighted by atomic mass is 16.2. The molecule has 25 heavy (non-hydrogen) atoms. The fraction of sp³-hybridized carbons (Fsp3) is 0.250. The number of fused-ring (bicyclic) bond motifs is 1. The zero-order valence-corrected chi connectivity index (χ0v) is 14.5. The summed E-state index contributed by atoms with van der Waals surface area (Å²) in [6.45, 7) is 3.80. The molecule has 0 bridgehead atoms. The van der Waals surface area contributed by atoms with E-state index in [9.17, 15) is 9.59 Å². The number of carbonyl (C=O) groups is 2. The molecule has 1 N–H and O–H groups in total. The molecule has 0 spiro atoms. The van der Waals surface area contributed by atoms with Crippen molar-refractivity contribution in [1.82, 2.24) is 0 Å². The minimum absolute atomic E-state index is 0.0532. The van der Waals surface area contributed by atoms with Crippen molar-refractivity contribution in [2.24, 2.45) is 0 Å². The van der Waals surface area contributed by atoms with E-state index < -0.39 is 5.41 Å². The first kappa shape index (κ1) is 16.7. The number of likely N-dealkylation sites (N-methyl/N-ethyl adjacent to an activating group) is 1. The maximum absolute atomic E-state index is 12.3. The van der Waals surface area contributed by atoms with Gasteiger partial charge in [-0.1, -0.05) is 18.2 Å². The van der Waals surface area contributed by atoms with Crippen molar-refractivity contribution >= 4 is 23.2 Å². The largest absolute Gasteiger partial charge is 0.326 e. The number of benzene rings is 2. The van der Waals surface area contributed by atoms with Gasteiger partial charge in [-0.05, 0) is 49.2 Å². The van der Waals surface area contributed by atoms with Crippen LogP contribution in [0.25, 0.3) is 0 Å². The highest BCUT2D eigenvalue weighted by molar-refractivity contribution is 6.07. The average Bonchev–Trinajstić information content (AvgIpc) is 2.76. The van der Waals surface area contributed by atoms with Crippen molar-refractivity contribution in [3.63, 3.8) is 0 Å². The average molecular weight is 333 g/mol. The number of hydrogen-bond acceptors (Lipinski definition) is 3. The Kier molecular flexibility index (Phi) is 4.05. The van der Waals surface area contributed by atoms with Crippen molar-refractivity contribution < 1.29 is 9.59 Å². The van der Waals surface area contributed by atoms with Gasteiger partial charge in [0.05, 0.1) is 23.5 Å². The van der Waals surface area contributed by atoms with Crippen LogP contribution in [0.3, 0.4) is 0 Å². The van der Waals surface area contributed by atoms with Crippen molar-refractivity contribution in [1.29, 1.82) is 5.26 Å². The molecule has 0 atom stereocenters. The third kappa shape index (κ3) is 2.99. The van der Waals surface area contributed by atoms with Gasteiger partial charge < -0.3 is 10.2 Å². The summed E-state index contributed by atoms with van der Waals surface area (Å²) < 4.78 is 0. The van der Waals surface area contributed by atoms with E-state index in [2.05, 4.69) is 5.32 Å². The fourth-order valence-electron chi connectivity index (χ4n) is 3.19. The second-order valence-electron chi connectivity index (χ2n) is 6.76. The Labute approximate surface area is 146 Å². The summed E-state index contributed by atoms with van der Waals surface area (Å²) in [7, 11) is 1.77. The summed E-state index contributed by atoms with van der Waals surface area (Å²) >= 11 is 0. The number of nitriles is 1. The van der Waals surface area contributed by atoms with Gasteiger partial charge in [-0.25, -0.2) is 0 Å². The Hall–Kier alpha value is -3.13. The summed E-state index contributed by atoms with van der Waals surface area (Å²) in [5.41, 5.74) is 3.19. The van der Waals surface area contributed by atoms with Gasteiger partial charge in [-0.15, -0.1) is 0 Å². The standard InChI is InChI=1S/C20H19N3O2/c1-20(2)16-10-13(7-8-17(16)23(3)19(20)25)11-18(24)22-15-6-4-5-14(9-15)12-21/h4-10H,11H2,1-3H3,(H,22,24). The van der Waals surface area contributed by atoms with E-state index in [1.54, 1.807) is 36.2 Å². The molecule has 1 aliphatic heterocycles. The molecule has 0 unspecified atom stereocenters. The van der Waals surface area contributed by atoms with E-state index in [1.807, 2.05) is 38.1 Å². The molecule has 0 aliphatic carbocycles. The van der Waals surface area contributed by atoms with Crippen LogP contribution in [-0.4, -0.2) is 18.9 Å². The molecule has 0 fully saturated rings. The Bertz CT molecular complexity index is 909. The molecule has 2 aromatic rings. The van der Waals surface area contributed by atoms with Gasteiger partial charge in [0, 0.05) is 18.4 Å². The number of nitrogens with one attached hydrogen (secondary N) is 1. The van der Waals surface area contributed by atoms with Crippen LogP contribution < -0.4 is 10.2 Å². The lowest BCUT2D eigenvalue weighted by atomic mass is 9.85. The zero-order valence-electron chi connectivity index (χ0n) is 14.5. The molecule has 2 aromatic carbocycles. The summed E-state index contributed by atoms with van der Waals surface area (Å²) in [5.74, 6) is -0.108. The highest BCUT2D eigenvalue weighted by Crippen LogP contribution is 2.41. The Balaban J connectivity index is 1.78. The lowest BCUT2D eigenvalue weighted by Crippen LogP contribution is -2.33. The lowest BCUT2D eigenvalue weighted by molar-refractivity contribution is -0.121. The van der Waals surface area contributed by atoms with Crippen LogP contribution in [0, 0.1) is 11.3 Å². The van der Waals surface area contributed by atoms with Gasteiger partial charge in [-0.2, -0.15) is 5.26 Å². The van der Waals surface area contributed by atoms with Crippen LogP contribution in [0.1, 0.15) is 30.5 Å². The molecule has 3 rings (SSSR count). The number of carbonyl (C=O) groups excluding carboxylic acids is 2. The monoisotopic (exact) mass is 333 g/mol. The molecule has 0 saturated heterocycles. The summed E-state index contributed by atoms with van der Waals surface area (Å²) in [4.78, 5) is 26.3. The number of amides is 2. The normalized spacial score (nSPS) is 14.8. The molecule has 126 valence electrons. The van der Waals surface area contributed by atoms with Crippen molar-refractivity contribution in [2.45, 2.75) is 25.7 Å². The van der Waals surface area contributed by atoms with Gasteiger partial charge in [0.15, 0.2) is 0 Å². The summed E-state index contributed by atoms with van der Waals surface area (Å²) in [6, 6.07) is 14.5. The van der Waals surface area contributed by atoms with E-state index in [4.69, 9.17) is 5.26 Å². The number of nitrogens with zero attached hydrogens (tertiary/aromatic N) is 2. The third-order valence-corrected chi connectivity index (χ3v) is 4.58. The van der Waals surface area contributed by atoms with Crippen LogP contribution in [-0.2, 0) is 21.4 Å². The molecular formula is C20H19N3O2. The summed E-state index contributed by atoms with van der Waals surface area (Å²) in [5, 5.41) is 11.7. The predicted octanol–water partition coefficient (Wildman–Crippen LogP) is 2.99. The SMILES string of the molecule is CN1C(=O)C(C)(C)c2cc(CC(=O)Nc3cccc(C#N)c3)ccc21. The molecule has 5 heteroatoms. The van der Waals surface area contributed by atoms with E-state index in [0.29, 0.717) is 11.3 Å². The highest BCUT2D eigenvalue weighted by Gasteiger charge is 2.42. The van der Waals surface area contributed by atoms with Crippen molar-refractivity contribution in [3.05, 3.63) is 59.2 Å². The molecular weight excluding hydrogens is 314 g/mol. The molecule has 5 nitrogen and oxygen atoms in total. The topological polar surface area (TPSA) is 73.2 Å². The molecule has 1 aliphatic rings. The van der Waals surface area contributed by atoms with Gasteiger partial charge in [-0.3, -0.25) is 9.59 Å². The quantitative estimate of drug-likeness (QED) is 0.938. The van der Waals surface area contributed by atoms with Gasteiger partial charge >= 0.3 is 0 Å². The number of hydrogen-bond donors (Lipinski definition) is 1. The molecule has 0 radical (unpaired) electrons.